The van der Waals surface area contributed by atoms with Crippen molar-refractivity contribution in [1.29, 1.82) is 0 Å². The molecule has 0 rings (SSSR count). The highest BCUT2D eigenvalue weighted by Crippen LogP contribution is 1.92. The van der Waals surface area contributed by atoms with Gasteiger partial charge in [0.05, 0.1) is 13.5 Å². The van der Waals surface area contributed by atoms with E-state index < -0.39 is 6.03 Å². The van der Waals surface area contributed by atoms with E-state index in [0.29, 0.717) is 13.1 Å². The van der Waals surface area contributed by atoms with Gasteiger partial charge in [0.1, 0.15) is 0 Å². The van der Waals surface area contributed by atoms with Crippen molar-refractivity contribution >= 4 is 17.9 Å². The normalized spacial score (nSPS) is 9.88. The Bertz CT molecular complexity index is 281. The van der Waals surface area contributed by atoms with Crippen LogP contribution in [0.15, 0.2) is 0 Å². The summed E-state index contributed by atoms with van der Waals surface area (Å²) in [5, 5.41) is 4.44. The summed E-state index contributed by atoms with van der Waals surface area (Å²) < 4.78 is 4.50. The van der Waals surface area contributed by atoms with Gasteiger partial charge in [0.2, 0.25) is 5.91 Å². The fourth-order valence-corrected chi connectivity index (χ4v) is 1.04. The average molecular weight is 245 g/mol. The zero-order valence-corrected chi connectivity index (χ0v) is 10.4. The van der Waals surface area contributed by atoms with Gasteiger partial charge in [-0.2, -0.15) is 0 Å². The number of carbonyl (C=O) groups is 3. The molecule has 0 radical (unpaired) electrons. The number of nitrogens with zero attached hydrogens (tertiary/aromatic N) is 1. The first-order valence-corrected chi connectivity index (χ1v) is 5.26. The molecule has 0 aliphatic carbocycles. The second-order valence-corrected chi connectivity index (χ2v) is 3.51. The predicted molar refractivity (Wildman–Crippen MR) is 61.3 cm³/mol. The molecule has 0 bridgehead atoms. The maximum Gasteiger partial charge on any atom is 0.321 e. The number of hydrogen-bond donors (Lipinski definition) is 2. The molecule has 0 aromatic carbocycles. The van der Waals surface area contributed by atoms with Gasteiger partial charge >= 0.3 is 12.0 Å². The number of urea groups is 1. The van der Waals surface area contributed by atoms with Crippen molar-refractivity contribution in [3.63, 3.8) is 0 Å². The lowest BCUT2D eigenvalue weighted by atomic mass is 10.3. The molecule has 0 saturated carbocycles. The van der Waals surface area contributed by atoms with Crippen molar-refractivity contribution in [3.8, 4) is 0 Å². The number of imide groups is 1. The molecule has 0 saturated heterocycles. The summed E-state index contributed by atoms with van der Waals surface area (Å²) in [7, 11) is 4.56. The maximum atomic E-state index is 11.2. The number of methoxy groups -OCH3 is 1. The summed E-state index contributed by atoms with van der Waals surface area (Å²) in [6.45, 7) is 0.986. The number of rotatable bonds is 6. The van der Waals surface area contributed by atoms with Crippen LogP contribution in [0.3, 0.4) is 0 Å². The third kappa shape index (κ3) is 8.21. The molecule has 0 aliphatic heterocycles. The molecule has 0 fully saturated rings. The van der Waals surface area contributed by atoms with Crippen molar-refractivity contribution in [2.75, 3.05) is 34.3 Å². The lowest BCUT2D eigenvalue weighted by molar-refractivity contribution is -0.140. The zero-order valence-electron chi connectivity index (χ0n) is 10.4. The first-order valence-electron chi connectivity index (χ1n) is 5.26. The van der Waals surface area contributed by atoms with Crippen LogP contribution in [0.2, 0.25) is 0 Å². The lowest BCUT2D eigenvalue weighted by Gasteiger charge is -2.15. The van der Waals surface area contributed by atoms with Gasteiger partial charge in [0.15, 0.2) is 0 Å². The third-order valence-corrected chi connectivity index (χ3v) is 2.13. The molecule has 2 N–H and O–H groups in total. The Morgan fingerprint density at radius 2 is 1.76 bits per heavy atom. The van der Waals surface area contributed by atoms with Gasteiger partial charge in [0.25, 0.3) is 0 Å². The standard InChI is InChI=1S/C10H19N3O4/c1-11-10(16)12-8(14)4-6-13(2)7-5-9(15)17-3/h4-7H2,1-3H3,(H2,11,12,14,16). The van der Waals surface area contributed by atoms with Gasteiger partial charge in [-0.3, -0.25) is 14.9 Å². The van der Waals surface area contributed by atoms with Gasteiger partial charge in [-0.05, 0) is 7.05 Å². The largest absolute Gasteiger partial charge is 0.469 e. The van der Waals surface area contributed by atoms with E-state index in [1.54, 1.807) is 7.05 Å². The van der Waals surface area contributed by atoms with Crippen molar-refractivity contribution in [2.24, 2.45) is 0 Å². The molecular weight excluding hydrogens is 226 g/mol. The average Bonchev–Trinajstić information content (AvgIpc) is 2.32. The monoisotopic (exact) mass is 245 g/mol. The fraction of sp³-hybridized carbons (Fsp3) is 0.700. The van der Waals surface area contributed by atoms with Crippen molar-refractivity contribution in [2.45, 2.75) is 12.8 Å². The molecule has 0 spiro atoms. The lowest BCUT2D eigenvalue weighted by Crippen LogP contribution is -2.38. The molecule has 0 atom stereocenters. The van der Waals surface area contributed by atoms with Crippen LogP contribution in [0.1, 0.15) is 12.8 Å². The smallest absolute Gasteiger partial charge is 0.321 e. The Balaban J connectivity index is 3.69. The molecule has 98 valence electrons. The number of carbonyl (C=O) groups excluding carboxylic acids is 3. The maximum absolute atomic E-state index is 11.2. The highest BCUT2D eigenvalue weighted by atomic mass is 16.5. The van der Waals surface area contributed by atoms with E-state index in [0.717, 1.165) is 0 Å². The molecule has 3 amide bonds. The Kier molecular flexibility index (Phi) is 7.70. The fourth-order valence-electron chi connectivity index (χ4n) is 1.04. The number of esters is 1. The van der Waals surface area contributed by atoms with Gasteiger partial charge < -0.3 is 15.0 Å². The second kappa shape index (κ2) is 8.51. The van der Waals surface area contributed by atoms with E-state index >= 15 is 0 Å². The van der Waals surface area contributed by atoms with Crippen molar-refractivity contribution < 1.29 is 19.1 Å². The van der Waals surface area contributed by atoms with Gasteiger partial charge in [-0.15, -0.1) is 0 Å². The topological polar surface area (TPSA) is 87.7 Å². The zero-order chi connectivity index (χ0) is 13.3. The van der Waals surface area contributed by atoms with Crippen LogP contribution in [0.4, 0.5) is 4.79 Å². The molecule has 0 unspecified atom stereocenters. The molecular formula is C10H19N3O4. The van der Waals surface area contributed by atoms with Crippen LogP contribution >= 0.6 is 0 Å². The van der Waals surface area contributed by atoms with E-state index in [-0.39, 0.29) is 24.7 Å². The van der Waals surface area contributed by atoms with Crippen LogP contribution in [-0.4, -0.2) is 57.1 Å². The van der Waals surface area contributed by atoms with Crippen LogP contribution in [0.25, 0.3) is 0 Å². The predicted octanol–water partition coefficient (Wildman–Crippen LogP) is -0.673. The minimum absolute atomic E-state index is 0.199. The highest BCUT2D eigenvalue weighted by molar-refractivity contribution is 5.94. The van der Waals surface area contributed by atoms with Crippen LogP contribution < -0.4 is 10.6 Å². The Hall–Kier alpha value is -1.63. The van der Waals surface area contributed by atoms with Crippen molar-refractivity contribution in [3.05, 3.63) is 0 Å². The highest BCUT2D eigenvalue weighted by Gasteiger charge is 2.08. The van der Waals surface area contributed by atoms with E-state index in [1.165, 1.54) is 14.2 Å². The van der Waals surface area contributed by atoms with Gasteiger partial charge in [-0.25, -0.2) is 4.79 Å². The molecule has 0 aliphatic rings. The Morgan fingerprint density at radius 1 is 1.18 bits per heavy atom. The van der Waals surface area contributed by atoms with Crippen molar-refractivity contribution in [1.82, 2.24) is 15.5 Å². The van der Waals surface area contributed by atoms with E-state index in [4.69, 9.17) is 0 Å². The number of amides is 3. The quantitative estimate of drug-likeness (QED) is 0.606. The number of hydrogen-bond acceptors (Lipinski definition) is 5. The minimum Gasteiger partial charge on any atom is -0.469 e. The summed E-state index contributed by atoms with van der Waals surface area (Å²) in [4.78, 5) is 34.7. The molecule has 7 nitrogen and oxygen atoms in total. The SMILES string of the molecule is CNC(=O)NC(=O)CCN(C)CCC(=O)OC. The van der Waals surface area contributed by atoms with Gasteiger partial charge in [-0.1, -0.05) is 0 Å². The molecule has 17 heavy (non-hydrogen) atoms. The van der Waals surface area contributed by atoms with E-state index in [9.17, 15) is 14.4 Å². The number of ether oxygens (including phenoxy) is 1. The summed E-state index contributed by atoms with van der Waals surface area (Å²) in [5.41, 5.74) is 0. The number of nitrogens with one attached hydrogen (secondary N) is 2. The van der Waals surface area contributed by atoms with Gasteiger partial charge in [0, 0.05) is 26.6 Å². The Labute approximate surface area is 100 Å². The second-order valence-electron chi connectivity index (χ2n) is 3.51. The van der Waals surface area contributed by atoms with Crippen LogP contribution in [0, 0.1) is 0 Å². The van der Waals surface area contributed by atoms with Crippen LogP contribution in [-0.2, 0) is 14.3 Å². The van der Waals surface area contributed by atoms with E-state index in [2.05, 4.69) is 15.4 Å². The summed E-state index contributed by atoms with van der Waals surface area (Å²) in [6.07, 6.45) is 0.481. The molecule has 7 heteroatoms. The summed E-state index contributed by atoms with van der Waals surface area (Å²) in [6, 6.07) is -0.521. The first-order chi connectivity index (χ1) is 7.99. The first kappa shape index (κ1) is 15.4. The summed E-state index contributed by atoms with van der Waals surface area (Å²) >= 11 is 0. The Morgan fingerprint density at radius 3 is 2.29 bits per heavy atom. The minimum atomic E-state index is -0.521. The molecule has 0 heterocycles. The van der Waals surface area contributed by atoms with Crippen LogP contribution in [0.5, 0.6) is 0 Å². The van der Waals surface area contributed by atoms with E-state index in [1.807, 2.05) is 4.90 Å². The molecule has 0 aromatic rings. The third-order valence-electron chi connectivity index (χ3n) is 2.13. The molecule has 0 aromatic heterocycles. The summed E-state index contributed by atoms with van der Waals surface area (Å²) in [5.74, 6) is -0.638.